The highest BCUT2D eigenvalue weighted by Crippen LogP contribution is 2.22. The monoisotopic (exact) mass is 383 g/mol. The largest absolute Gasteiger partial charge is 0.316 e. The van der Waals surface area contributed by atoms with Crippen LogP contribution in [0.1, 0.15) is 12.1 Å². The summed E-state index contributed by atoms with van der Waals surface area (Å²) in [5.74, 6) is 0. The second-order valence-corrected chi connectivity index (χ2v) is 5.86. The molecule has 17 heavy (non-hydrogen) atoms. The summed E-state index contributed by atoms with van der Waals surface area (Å²) in [4.78, 5) is 6.87. The summed E-state index contributed by atoms with van der Waals surface area (Å²) in [6.07, 6.45) is 3.08. The predicted octanol–water partition coefficient (Wildman–Crippen LogP) is 2.82. The molecule has 6 heteroatoms. The van der Waals surface area contributed by atoms with Crippen molar-refractivity contribution in [2.75, 3.05) is 20.1 Å². The molecule has 96 valence electrons. The number of likely N-dealkylation sites (tertiary alicyclic amines) is 1. The predicted molar refractivity (Wildman–Crippen MR) is 79.6 cm³/mol. The fourth-order valence-corrected chi connectivity index (χ4v) is 3.10. The molecule has 1 aliphatic heterocycles. The van der Waals surface area contributed by atoms with Gasteiger partial charge >= 0.3 is 0 Å². The number of nitrogens with one attached hydrogen (secondary N) is 1. The molecule has 3 nitrogen and oxygen atoms in total. The maximum absolute atomic E-state index is 4.44. The average molecular weight is 386 g/mol. The molecular weight excluding hydrogens is 369 g/mol. The zero-order chi connectivity index (χ0) is 11.5. The van der Waals surface area contributed by atoms with Gasteiger partial charge in [-0.25, -0.2) is 0 Å². The smallest absolute Gasteiger partial charge is 0.0686 e. The van der Waals surface area contributed by atoms with Gasteiger partial charge < -0.3 is 5.32 Å². The zero-order valence-electron chi connectivity index (χ0n) is 9.62. The van der Waals surface area contributed by atoms with Gasteiger partial charge in [0.1, 0.15) is 0 Å². The van der Waals surface area contributed by atoms with Gasteiger partial charge in [-0.1, -0.05) is 0 Å². The highest BCUT2D eigenvalue weighted by Gasteiger charge is 2.21. The summed E-state index contributed by atoms with van der Waals surface area (Å²) < 4.78 is 2.09. The van der Waals surface area contributed by atoms with Crippen molar-refractivity contribution in [2.45, 2.75) is 19.0 Å². The Labute approximate surface area is 125 Å². The quantitative estimate of drug-likeness (QED) is 0.867. The van der Waals surface area contributed by atoms with Crippen LogP contribution < -0.4 is 5.32 Å². The number of likely N-dealkylation sites (N-methyl/N-ethyl adjacent to an activating group) is 1. The molecule has 0 spiro atoms. The highest BCUT2D eigenvalue weighted by atomic mass is 79.9. The third kappa shape index (κ3) is 4.17. The van der Waals surface area contributed by atoms with Gasteiger partial charge in [-0.3, -0.25) is 9.88 Å². The fraction of sp³-hybridized carbons (Fsp3) is 0.545. The molecule has 2 heterocycles. The standard InChI is InChI=1S/C11H15Br2N3.ClH/c1-14-9-2-3-16(6-9)7-11-10(13)4-8(12)5-15-11;/h4-5,9,14H,2-3,6-7H2,1H3;1H. The Bertz CT molecular complexity index is 376. The van der Waals surface area contributed by atoms with Crippen LogP contribution >= 0.6 is 44.3 Å². The molecule has 0 aromatic carbocycles. The average Bonchev–Trinajstić information content (AvgIpc) is 2.70. The van der Waals surface area contributed by atoms with Crippen molar-refractivity contribution in [2.24, 2.45) is 0 Å². The van der Waals surface area contributed by atoms with E-state index in [1.807, 2.05) is 19.3 Å². The minimum Gasteiger partial charge on any atom is -0.316 e. The lowest BCUT2D eigenvalue weighted by molar-refractivity contribution is 0.318. The van der Waals surface area contributed by atoms with Crippen molar-refractivity contribution >= 4 is 44.3 Å². The van der Waals surface area contributed by atoms with Gasteiger partial charge in [0.2, 0.25) is 0 Å². The molecule has 1 aromatic rings. The van der Waals surface area contributed by atoms with Crippen molar-refractivity contribution in [1.29, 1.82) is 0 Å². The summed E-state index contributed by atoms with van der Waals surface area (Å²) in [7, 11) is 2.03. The Morgan fingerprint density at radius 1 is 1.53 bits per heavy atom. The molecule has 1 fully saturated rings. The van der Waals surface area contributed by atoms with E-state index in [0.29, 0.717) is 6.04 Å². The first kappa shape index (κ1) is 15.4. The van der Waals surface area contributed by atoms with E-state index in [1.165, 1.54) is 6.42 Å². The van der Waals surface area contributed by atoms with Crippen LogP contribution in [0.15, 0.2) is 21.2 Å². The fourth-order valence-electron chi connectivity index (χ4n) is 1.98. The summed E-state index contributed by atoms with van der Waals surface area (Å²) in [5.41, 5.74) is 1.11. The maximum Gasteiger partial charge on any atom is 0.0686 e. The van der Waals surface area contributed by atoms with Gasteiger partial charge in [-0.05, 0) is 51.4 Å². The van der Waals surface area contributed by atoms with E-state index in [1.54, 1.807) is 0 Å². The van der Waals surface area contributed by atoms with E-state index in [0.717, 1.165) is 34.3 Å². The first-order valence-corrected chi connectivity index (χ1v) is 6.97. The lowest BCUT2D eigenvalue weighted by atomic mass is 10.3. The van der Waals surface area contributed by atoms with E-state index in [4.69, 9.17) is 0 Å². The third-order valence-electron chi connectivity index (χ3n) is 2.94. The van der Waals surface area contributed by atoms with Crippen molar-refractivity contribution in [3.8, 4) is 0 Å². The second-order valence-electron chi connectivity index (χ2n) is 4.09. The molecule has 0 saturated carbocycles. The number of aromatic nitrogens is 1. The SMILES string of the molecule is CNC1CCN(Cc2ncc(Br)cc2Br)C1.Cl. The van der Waals surface area contributed by atoms with E-state index in [-0.39, 0.29) is 12.4 Å². The second kappa shape index (κ2) is 7.04. The number of hydrogen-bond donors (Lipinski definition) is 1. The maximum atomic E-state index is 4.44. The Morgan fingerprint density at radius 2 is 2.29 bits per heavy atom. The summed E-state index contributed by atoms with van der Waals surface area (Å²) >= 11 is 6.97. The van der Waals surface area contributed by atoms with Crippen LogP contribution in [-0.4, -0.2) is 36.1 Å². The third-order valence-corrected chi connectivity index (χ3v) is 4.06. The first-order valence-electron chi connectivity index (χ1n) is 5.38. The molecule has 0 radical (unpaired) electrons. The lowest BCUT2D eigenvalue weighted by Gasteiger charge is -2.16. The highest BCUT2D eigenvalue weighted by molar-refractivity contribution is 9.11. The molecule has 1 N–H and O–H groups in total. The molecule has 1 aromatic heterocycles. The summed E-state index contributed by atoms with van der Waals surface area (Å²) in [6.45, 7) is 3.18. The number of hydrogen-bond acceptors (Lipinski definition) is 3. The van der Waals surface area contributed by atoms with Crippen molar-refractivity contribution < 1.29 is 0 Å². The Kier molecular flexibility index (Phi) is 6.37. The Hall–Kier alpha value is 0.320. The Morgan fingerprint density at radius 3 is 2.88 bits per heavy atom. The minimum atomic E-state index is 0. The molecule has 0 aliphatic carbocycles. The number of rotatable bonds is 3. The summed E-state index contributed by atoms with van der Waals surface area (Å²) in [6, 6.07) is 2.68. The van der Waals surface area contributed by atoms with Crippen LogP contribution in [-0.2, 0) is 6.54 Å². The normalized spacial score (nSPS) is 20.3. The van der Waals surface area contributed by atoms with Crippen LogP contribution in [0.4, 0.5) is 0 Å². The van der Waals surface area contributed by atoms with Gasteiger partial charge in [-0.2, -0.15) is 0 Å². The molecule has 1 saturated heterocycles. The molecule has 0 bridgehead atoms. The van der Waals surface area contributed by atoms with Gasteiger partial charge in [-0.15, -0.1) is 12.4 Å². The molecule has 1 aliphatic rings. The molecule has 2 rings (SSSR count). The molecule has 1 atom stereocenters. The minimum absolute atomic E-state index is 0. The van der Waals surface area contributed by atoms with Crippen LogP contribution in [0.3, 0.4) is 0 Å². The molecule has 0 amide bonds. The van der Waals surface area contributed by atoms with Crippen LogP contribution in [0.25, 0.3) is 0 Å². The number of pyridine rings is 1. The van der Waals surface area contributed by atoms with Crippen molar-refractivity contribution in [3.63, 3.8) is 0 Å². The summed E-state index contributed by atoms with van der Waals surface area (Å²) in [5, 5.41) is 3.32. The molecular formula is C11H16Br2ClN3. The van der Waals surface area contributed by atoms with Crippen molar-refractivity contribution in [1.82, 2.24) is 15.2 Å². The Balaban J connectivity index is 0.00000144. The zero-order valence-corrected chi connectivity index (χ0v) is 13.6. The lowest BCUT2D eigenvalue weighted by Crippen LogP contribution is -2.29. The van der Waals surface area contributed by atoms with Gasteiger partial charge in [0, 0.05) is 40.8 Å². The van der Waals surface area contributed by atoms with Gasteiger partial charge in [0.15, 0.2) is 0 Å². The van der Waals surface area contributed by atoms with Crippen molar-refractivity contribution in [3.05, 3.63) is 26.9 Å². The molecule has 1 unspecified atom stereocenters. The van der Waals surface area contributed by atoms with Gasteiger partial charge in [0.05, 0.1) is 5.69 Å². The first-order chi connectivity index (χ1) is 7.69. The van der Waals surface area contributed by atoms with Crippen LogP contribution in [0, 0.1) is 0 Å². The van der Waals surface area contributed by atoms with Gasteiger partial charge in [0.25, 0.3) is 0 Å². The van der Waals surface area contributed by atoms with Crippen LogP contribution in [0.2, 0.25) is 0 Å². The number of nitrogens with zero attached hydrogens (tertiary/aromatic N) is 2. The number of halogens is 3. The van der Waals surface area contributed by atoms with E-state index < -0.39 is 0 Å². The van der Waals surface area contributed by atoms with Crippen LogP contribution in [0.5, 0.6) is 0 Å². The van der Waals surface area contributed by atoms with E-state index >= 15 is 0 Å². The van der Waals surface area contributed by atoms with E-state index in [9.17, 15) is 0 Å². The topological polar surface area (TPSA) is 28.2 Å². The van der Waals surface area contributed by atoms with E-state index in [2.05, 4.69) is 47.1 Å².